The van der Waals surface area contributed by atoms with Crippen molar-refractivity contribution in [2.24, 2.45) is 11.8 Å². The molecule has 2 fully saturated rings. The number of esters is 1. The van der Waals surface area contributed by atoms with Gasteiger partial charge in [0.2, 0.25) is 0 Å². The van der Waals surface area contributed by atoms with E-state index in [2.05, 4.69) is 83.6 Å². The van der Waals surface area contributed by atoms with E-state index in [1.807, 2.05) is 30.5 Å². The number of hydrogen-bond donors (Lipinski definition) is 1. The Balaban J connectivity index is 0.994. The number of nitrogens with zero attached hydrogens (tertiary/aromatic N) is 3. The van der Waals surface area contributed by atoms with Crippen LogP contribution in [-0.4, -0.2) is 72.7 Å². The summed E-state index contributed by atoms with van der Waals surface area (Å²) in [6, 6.07) is 28.0. The predicted molar refractivity (Wildman–Crippen MR) is 230 cm³/mol. The Bertz CT molecular complexity index is 1990. The van der Waals surface area contributed by atoms with E-state index >= 15 is 0 Å². The molecule has 7 nitrogen and oxygen atoms in total. The Morgan fingerprint density at radius 3 is 2.51 bits per heavy atom. The van der Waals surface area contributed by atoms with Crippen LogP contribution in [0.3, 0.4) is 0 Å². The third-order valence-corrected chi connectivity index (χ3v) is 14.2. The number of anilines is 1. The molecule has 4 aromatic rings. The second kappa shape index (κ2) is 17.5. The van der Waals surface area contributed by atoms with Crippen LogP contribution in [0.15, 0.2) is 85.1 Å². The third kappa shape index (κ3) is 8.77. The van der Waals surface area contributed by atoms with Crippen LogP contribution in [0.2, 0.25) is 5.02 Å². The number of carbonyl (C=O) groups is 1. The van der Waals surface area contributed by atoms with Gasteiger partial charge in [0.25, 0.3) is 0 Å². The highest BCUT2D eigenvalue weighted by Crippen LogP contribution is 2.56. The molecule has 3 aliphatic carbocycles. The van der Waals surface area contributed by atoms with Gasteiger partial charge in [0.05, 0.1) is 13.7 Å². The van der Waals surface area contributed by atoms with E-state index in [1.54, 1.807) is 0 Å². The monoisotopic (exact) mass is 788 g/mol. The quantitative estimate of drug-likeness (QED) is 0.135. The van der Waals surface area contributed by atoms with Gasteiger partial charge in [-0.15, -0.1) is 0 Å². The standard InChI is InChI=1S/C49H61ClN4O3/c1-35(34-57-45-17-23-51-44-14-7-9-36(2)46(44)45)29-40-31-39-16-15-38(33-54-27-25-53(26-28-54)24-18-37-10-5-4-6-11-37)30-43(39)48(40)19-21-49(22-20-48,47(55)56-3)52-42-13-8-12-41(50)32-42/h4-6,8,10-13,15-17,23,30,32,35-36,40,52H,7,9,14,18-22,24-29,31,33-34H2,1-3H3/t35-,36-,40+,48?,49?/m1/s1. The summed E-state index contributed by atoms with van der Waals surface area (Å²) in [5.41, 5.74) is 8.38. The molecule has 57 heavy (non-hydrogen) atoms. The molecule has 4 aliphatic rings. The Kier molecular flexibility index (Phi) is 12.3. The van der Waals surface area contributed by atoms with Gasteiger partial charge in [0.1, 0.15) is 11.3 Å². The number of nitrogens with one attached hydrogen (secondary N) is 1. The first-order valence-corrected chi connectivity index (χ1v) is 21.9. The summed E-state index contributed by atoms with van der Waals surface area (Å²) in [5.74, 6) is 2.15. The second-order valence-electron chi connectivity index (χ2n) is 17.7. The van der Waals surface area contributed by atoms with E-state index in [0.717, 1.165) is 89.2 Å². The zero-order valence-electron chi connectivity index (χ0n) is 34.3. The molecule has 8 rings (SSSR count). The summed E-state index contributed by atoms with van der Waals surface area (Å²) >= 11 is 6.40. The van der Waals surface area contributed by atoms with Gasteiger partial charge >= 0.3 is 5.97 Å². The van der Waals surface area contributed by atoms with Crippen LogP contribution in [-0.2, 0) is 40.8 Å². The topological polar surface area (TPSA) is 66.9 Å². The zero-order valence-corrected chi connectivity index (χ0v) is 35.0. The maximum Gasteiger partial charge on any atom is 0.331 e. The lowest BCUT2D eigenvalue weighted by atomic mass is 9.59. The molecule has 0 amide bonds. The van der Waals surface area contributed by atoms with Gasteiger partial charge in [-0.1, -0.05) is 80.0 Å². The van der Waals surface area contributed by atoms with Crippen molar-refractivity contribution in [3.05, 3.63) is 124 Å². The Morgan fingerprint density at radius 2 is 1.74 bits per heavy atom. The van der Waals surface area contributed by atoms with E-state index in [-0.39, 0.29) is 11.4 Å². The van der Waals surface area contributed by atoms with Gasteiger partial charge in [-0.3, -0.25) is 9.88 Å². The molecular weight excluding hydrogens is 728 g/mol. The molecule has 1 saturated carbocycles. The fraction of sp³-hybridized carbons (Fsp3) is 0.510. The van der Waals surface area contributed by atoms with E-state index in [4.69, 9.17) is 26.1 Å². The fourth-order valence-electron chi connectivity index (χ4n) is 10.8. The number of pyridine rings is 1. The molecule has 1 spiro atoms. The lowest BCUT2D eigenvalue weighted by Gasteiger charge is -2.48. The average molecular weight is 790 g/mol. The summed E-state index contributed by atoms with van der Waals surface area (Å²) in [7, 11) is 1.51. The van der Waals surface area contributed by atoms with Crippen LogP contribution in [0.4, 0.5) is 5.69 Å². The predicted octanol–water partition coefficient (Wildman–Crippen LogP) is 9.65. The van der Waals surface area contributed by atoms with Crippen molar-refractivity contribution in [1.82, 2.24) is 14.8 Å². The van der Waals surface area contributed by atoms with E-state index in [9.17, 15) is 4.79 Å². The van der Waals surface area contributed by atoms with Crippen LogP contribution < -0.4 is 10.1 Å². The smallest absolute Gasteiger partial charge is 0.331 e. The number of halogens is 1. The first kappa shape index (κ1) is 39.9. The van der Waals surface area contributed by atoms with Gasteiger partial charge in [-0.05, 0) is 134 Å². The van der Waals surface area contributed by atoms with Crippen molar-refractivity contribution in [2.75, 3.05) is 51.8 Å². The minimum absolute atomic E-state index is 0.0202. The number of benzene rings is 3. The molecule has 1 aromatic heterocycles. The van der Waals surface area contributed by atoms with Crippen molar-refractivity contribution in [2.45, 2.75) is 101 Å². The molecule has 1 N–H and O–H groups in total. The van der Waals surface area contributed by atoms with Crippen LogP contribution >= 0.6 is 11.6 Å². The molecule has 0 radical (unpaired) electrons. The molecule has 3 aromatic carbocycles. The van der Waals surface area contributed by atoms with Gasteiger partial charge < -0.3 is 19.7 Å². The SMILES string of the molecule is COC(=O)C1(Nc2cccc(Cl)c2)CCC2(CC1)c1cc(CN3CCN(CCc4ccccc4)CC3)ccc1C[C@@H]2C[C@@H](C)COc1ccnc2c1[C@H](C)CCC2. The number of fused-ring (bicyclic) bond motifs is 3. The van der Waals surface area contributed by atoms with Crippen LogP contribution in [0.5, 0.6) is 5.75 Å². The summed E-state index contributed by atoms with van der Waals surface area (Å²) < 4.78 is 12.2. The normalized spacial score (nSPS) is 25.4. The molecule has 302 valence electrons. The zero-order chi connectivity index (χ0) is 39.4. The van der Waals surface area contributed by atoms with Crippen LogP contribution in [0.1, 0.15) is 98.2 Å². The number of carbonyl (C=O) groups excluding carboxylic acids is 1. The lowest BCUT2D eigenvalue weighted by molar-refractivity contribution is -0.148. The Hall–Kier alpha value is -3.91. The Morgan fingerprint density at radius 1 is 0.947 bits per heavy atom. The first-order valence-electron chi connectivity index (χ1n) is 21.6. The van der Waals surface area contributed by atoms with Crippen molar-refractivity contribution in [3.63, 3.8) is 0 Å². The maximum absolute atomic E-state index is 13.7. The van der Waals surface area contributed by atoms with Crippen LogP contribution in [0.25, 0.3) is 0 Å². The summed E-state index contributed by atoms with van der Waals surface area (Å²) in [6.45, 7) is 11.9. The van der Waals surface area contributed by atoms with Gasteiger partial charge in [0, 0.05) is 67.4 Å². The second-order valence-corrected chi connectivity index (χ2v) is 18.2. The highest BCUT2D eigenvalue weighted by molar-refractivity contribution is 6.30. The highest BCUT2D eigenvalue weighted by Gasteiger charge is 2.54. The molecule has 8 heteroatoms. The molecule has 1 aliphatic heterocycles. The van der Waals surface area contributed by atoms with Crippen LogP contribution in [0, 0.1) is 11.8 Å². The van der Waals surface area contributed by atoms with Gasteiger partial charge in [-0.25, -0.2) is 4.79 Å². The number of aromatic nitrogens is 1. The van der Waals surface area contributed by atoms with Crippen molar-refractivity contribution >= 4 is 23.3 Å². The van der Waals surface area contributed by atoms with Gasteiger partial charge in [-0.2, -0.15) is 0 Å². The number of ether oxygens (including phenoxy) is 2. The lowest BCUT2D eigenvalue weighted by Crippen LogP contribution is -2.53. The molecule has 0 unspecified atom stereocenters. The van der Waals surface area contributed by atoms with Crippen molar-refractivity contribution in [1.29, 1.82) is 0 Å². The summed E-state index contributed by atoms with van der Waals surface area (Å²) in [6.07, 6.45) is 11.8. The maximum atomic E-state index is 13.7. The largest absolute Gasteiger partial charge is 0.493 e. The summed E-state index contributed by atoms with van der Waals surface area (Å²) in [4.78, 5) is 23.7. The molecule has 0 bridgehead atoms. The molecule has 2 heterocycles. The third-order valence-electron chi connectivity index (χ3n) is 14.0. The van der Waals surface area contributed by atoms with Gasteiger partial charge in [0.15, 0.2) is 0 Å². The molecular formula is C49H61ClN4O3. The number of rotatable bonds is 13. The average Bonchev–Trinajstić information content (AvgIpc) is 3.51. The Labute approximate surface area is 345 Å². The fourth-order valence-corrected chi connectivity index (χ4v) is 11.0. The number of methoxy groups -OCH3 is 1. The minimum atomic E-state index is -0.804. The molecule has 3 atom stereocenters. The van der Waals surface area contributed by atoms with Crippen molar-refractivity contribution < 1.29 is 14.3 Å². The number of piperazine rings is 1. The minimum Gasteiger partial charge on any atom is -0.493 e. The number of hydrogen-bond acceptors (Lipinski definition) is 7. The molecule has 1 saturated heterocycles. The first-order chi connectivity index (χ1) is 27.7. The van der Waals surface area contributed by atoms with E-state index in [0.29, 0.717) is 42.2 Å². The highest BCUT2D eigenvalue weighted by atomic mass is 35.5. The number of aryl methyl sites for hydroxylation is 1. The van der Waals surface area contributed by atoms with Crippen molar-refractivity contribution in [3.8, 4) is 5.75 Å². The summed E-state index contributed by atoms with van der Waals surface area (Å²) in [5, 5.41) is 4.28. The van der Waals surface area contributed by atoms with E-state index < -0.39 is 5.54 Å². The van der Waals surface area contributed by atoms with E-state index in [1.165, 1.54) is 53.5 Å².